The van der Waals surface area contributed by atoms with E-state index in [0.29, 0.717) is 6.42 Å². The van der Waals surface area contributed by atoms with Crippen LogP contribution in [0.3, 0.4) is 0 Å². The Balaban J connectivity index is 2.50. The molecule has 100 valence electrons. The van der Waals surface area contributed by atoms with Crippen molar-refractivity contribution in [3.05, 3.63) is 35.9 Å². The highest BCUT2D eigenvalue weighted by Gasteiger charge is 2.20. The fourth-order valence-corrected chi connectivity index (χ4v) is 1.77. The van der Waals surface area contributed by atoms with Crippen LogP contribution in [0.25, 0.3) is 0 Å². The van der Waals surface area contributed by atoms with Crippen LogP contribution < -0.4 is 0 Å². The molecule has 1 rings (SSSR count). The third-order valence-electron chi connectivity index (χ3n) is 2.50. The number of carbonyl (C=O) groups excluding carboxylic acids is 1. The Morgan fingerprint density at radius 2 is 1.89 bits per heavy atom. The third-order valence-corrected chi connectivity index (χ3v) is 2.50. The number of aliphatic hydroxyl groups excluding tert-OH is 1. The van der Waals surface area contributed by atoms with E-state index in [-0.39, 0.29) is 24.9 Å². The van der Waals surface area contributed by atoms with Crippen LogP contribution >= 0.6 is 0 Å². The zero-order valence-corrected chi connectivity index (χ0v) is 11.3. The van der Waals surface area contributed by atoms with Gasteiger partial charge in [-0.15, -0.1) is 0 Å². The minimum absolute atomic E-state index is 0.00582. The lowest BCUT2D eigenvalue weighted by Gasteiger charge is -2.21. The minimum Gasteiger partial charge on any atom is -0.460 e. The molecule has 1 aromatic rings. The fraction of sp³-hybridized carbons (Fsp3) is 0.533. The number of benzene rings is 1. The Hall–Kier alpha value is -1.35. The van der Waals surface area contributed by atoms with Crippen molar-refractivity contribution in [2.75, 3.05) is 6.61 Å². The number of rotatable bonds is 5. The SMILES string of the molecule is CC(C)(C)OC(=O)C[C@@H](CO)Cc1ccccc1. The van der Waals surface area contributed by atoms with Crippen molar-refractivity contribution < 1.29 is 14.6 Å². The molecule has 0 radical (unpaired) electrons. The maximum absolute atomic E-state index is 11.7. The second kappa shape index (κ2) is 6.55. The van der Waals surface area contributed by atoms with Crippen LogP contribution in [-0.4, -0.2) is 23.3 Å². The zero-order chi connectivity index (χ0) is 13.6. The Bertz CT molecular complexity index is 365. The van der Waals surface area contributed by atoms with Gasteiger partial charge in [0.05, 0.1) is 6.42 Å². The number of ether oxygens (including phenoxy) is 1. The van der Waals surface area contributed by atoms with Crippen molar-refractivity contribution in [1.29, 1.82) is 0 Å². The van der Waals surface area contributed by atoms with E-state index in [2.05, 4.69) is 0 Å². The van der Waals surface area contributed by atoms with Gasteiger partial charge in [-0.1, -0.05) is 30.3 Å². The first kappa shape index (κ1) is 14.7. The molecule has 0 unspecified atom stereocenters. The predicted molar refractivity (Wildman–Crippen MR) is 71.2 cm³/mol. The van der Waals surface area contributed by atoms with Crippen molar-refractivity contribution in [3.8, 4) is 0 Å². The molecule has 0 saturated heterocycles. The monoisotopic (exact) mass is 250 g/mol. The molecule has 1 aromatic carbocycles. The Morgan fingerprint density at radius 1 is 1.28 bits per heavy atom. The Labute approximate surface area is 109 Å². The Morgan fingerprint density at radius 3 is 2.39 bits per heavy atom. The highest BCUT2D eigenvalue weighted by molar-refractivity contribution is 5.70. The third kappa shape index (κ3) is 5.82. The van der Waals surface area contributed by atoms with Crippen LogP contribution in [0.15, 0.2) is 30.3 Å². The molecule has 0 aliphatic rings. The molecule has 0 aromatic heterocycles. The number of hydrogen-bond donors (Lipinski definition) is 1. The molecule has 1 atom stereocenters. The van der Waals surface area contributed by atoms with Crippen molar-refractivity contribution in [3.63, 3.8) is 0 Å². The molecular weight excluding hydrogens is 228 g/mol. The average Bonchev–Trinajstić information content (AvgIpc) is 2.27. The number of aliphatic hydroxyl groups is 1. The second-order valence-corrected chi connectivity index (χ2v) is 5.53. The minimum atomic E-state index is -0.468. The van der Waals surface area contributed by atoms with Crippen LogP contribution in [0.2, 0.25) is 0 Å². The van der Waals surface area contributed by atoms with E-state index in [4.69, 9.17) is 4.74 Å². The van der Waals surface area contributed by atoms with Gasteiger partial charge >= 0.3 is 5.97 Å². The summed E-state index contributed by atoms with van der Waals surface area (Å²) in [5, 5.41) is 9.33. The van der Waals surface area contributed by atoms with Crippen LogP contribution in [-0.2, 0) is 16.0 Å². The summed E-state index contributed by atoms with van der Waals surface area (Å²) in [5.74, 6) is -0.334. The van der Waals surface area contributed by atoms with Crippen LogP contribution in [0.4, 0.5) is 0 Å². The van der Waals surface area contributed by atoms with Gasteiger partial charge in [0, 0.05) is 6.61 Å². The first-order valence-electron chi connectivity index (χ1n) is 6.27. The first-order valence-corrected chi connectivity index (χ1v) is 6.27. The summed E-state index contributed by atoms with van der Waals surface area (Å²) in [7, 11) is 0. The first-order chi connectivity index (χ1) is 8.40. The highest BCUT2D eigenvalue weighted by atomic mass is 16.6. The molecule has 0 fully saturated rings. The largest absolute Gasteiger partial charge is 0.460 e. The quantitative estimate of drug-likeness (QED) is 0.817. The molecule has 0 heterocycles. The maximum Gasteiger partial charge on any atom is 0.306 e. The van der Waals surface area contributed by atoms with E-state index < -0.39 is 5.60 Å². The van der Waals surface area contributed by atoms with Gasteiger partial charge < -0.3 is 9.84 Å². The van der Waals surface area contributed by atoms with Gasteiger partial charge in [0.2, 0.25) is 0 Å². The highest BCUT2D eigenvalue weighted by Crippen LogP contribution is 2.15. The Kier molecular flexibility index (Phi) is 5.35. The van der Waals surface area contributed by atoms with Gasteiger partial charge in [-0.25, -0.2) is 0 Å². The van der Waals surface area contributed by atoms with Crippen LogP contribution in [0.5, 0.6) is 0 Å². The molecule has 18 heavy (non-hydrogen) atoms. The summed E-state index contributed by atoms with van der Waals surface area (Å²) in [4.78, 5) is 11.7. The van der Waals surface area contributed by atoms with Crippen molar-refractivity contribution in [2.24, 2.45) is 5.92 Å². The van der Waals surface area contributed by atoms with E-state index in [1.807, 2.05) is 51.1 Å². The number of hydrogen-bond acceptors (Lipinski definition) is 3. The lowest BCUT2D eigenvalue weighted by molar-refractivity contribution is -0.156. The summed E-state index contributed by atoms with van der Waals surface area (Å²) >= 11 is 0. The van der Waals surface area contributed by atoms with Gasteiger partial charge in [-0.2, -0.15) is 0 Å². The van der Waals surface area contributed by atoms with Crippen molar-refractivity contribution in [2.45, 2.75) is 39.2 Å². The standard InChI is InChI=1S/C15H22O3/c1-15(2,3)18-14(17)10-13(11-16)9-12-7-5-4-6-8-12/h4-8,13,16H,9-11H2,1-3H3/t13-/m0/s1. The summed E-state index contributed by atoms with van der Waals surface area (Å²) < 4.78 is 5.26. The zero-order valence-electron chi connectivity index (χ0n) is 11.3. The summed E-state index contributed by atoms with van der Waals surface area (Å²) in [6.45, 7) is 5.52. The molecule has 3 nitrogen and oxygen atoms in total. The molecule has 1 N–H and O–H groups in total. The number of esters is 1. The second-order valence-electron chi connectivity index (χ2n) is 5.53. The van der Waals surface area contributed by atoms with E-state index in [1.165, 1.54) is 0 Å². The molecule has 3 heteroatoms. The summed E-state index contributed by atoms with van der Waals surface area (Å²) in [5.41, 5.74) is 0.657. The van der Waals surface area contributed by atoms with Crippen LogP contribution in [0, 0.1) is 5.92 Å². The van der Waals surface area contributed by atoms with E-state index in [9.17, 15) is 9.90 Å². The molecule has 0 aliphatic heterocycles. The maximum atomic E-state index is 11.7. The van der Waals surface area contributed by atoms with Crippen LogP contribution in [0.1, 0.15) is 32.8 Å². The van der Waals surface area contributed by atoms with Crippen molar-refractivity contribution >= 4 is 5.97 Å². The molecular formula is C15H22O3. The smallest absolute Gasteiger partial charge is 0.306 e. The van der Waals surface area contributed by atoms with Gasteiger partial charge in [-0.3, -0.25) is 4.79 Å². The molecule has 0 aliphatic carbocycles. The van der Waals surface area contributed by atoms with E-state index in [1.54, 1.807) is 0 Å². The predicted octanol–water partition coefficient (Wildman–Crippen LogP) is 2.57. The lowest BCUT2D eigenvalue weighted by Crippen LogP contribution is -2.26. The fourth-order valence-electron chi connectivity index (χ4n) is 1.77. The normalized spacial score (nSPS) is 13.1. The number of carbonyl (C=O) groups is 1. The summed E-state index contributed by atoms with van der Waals surface area (Å²) in [6.07, 6.45) is 0.944. The lowest BCUT2D eigenvalue weighted by atomic mass is 9.97. The van der Waals surface area contributed by atoms with Gasteiger partial charge in [0.1, 0.15) is 5.60 Å². The topological polar surface area (TPSA) is 46.5 Å². The summed E-state index contributed by atoms with van der Waals surface area (Å²) in [6, 6.07) is 9.86. The van der Waals surface area contributed by atoms with Gasteiger partial charge in [0.15, 0.2) is 0 Å². The van der Waals surface area contributed by atoms with Gasteiger partial charge in [0.25, 0.3) is 0 Å². The van der Waals surface area contributed by atoms with E-state index >= 15 is 0 Å². The molecule has 0 saturated carbocycles. The van der Waals surface area contributed by atoms with E-state index in [0.717, 1.165) is 5.56 Å². The molecule has 0 spiro atoms. The van der Waals surface area contributed by atoms with Gasteiger partial charge in [-0.05, 0) is 38.7 Å². The average molecular weight is 250 g/mol. The molecule has 0 bridgehead atoms. The molecule has 0 amide bonds. The van der Waals surface area contributed by atoms with Crippen molar-refractivity contribution in [1.82, 2.24) is 0 Å².